The lowest BCUT2D eigenvalue weighted by molar-refractivity contribution is 0.102. The first-order valence-corrected chi connectivity index (χ1v) is 7.75. The number of pyridine rings is 1. The van der Waals surface area contributed by atoms with Crippen molar-refractivity contribution < 1.29 is 22.0 Å². The predicted octanol–water partition coefficient (Wildman–Crippen LogP) is 2.54. The van der Waals surface area contributed by atoms with Crippen LogP contribution in [0.3, 0.4) is 0 Å². The lowest BCUT2D eigenvalue weighted by Gasteiger charge is -2.06. The zero-order chi connectivity index (χ0) is 15.6. The zero-order valence-electron chi connectivity index (χ0n) is 10.2. The minimum atomic E-state index is -4.21. The molecule has 1 aromatic heterocycles. The lowest BCUT2D eigenvalue weighted by atomic mass is 10.3. The Kier molecular flexibility index (Phi) is 4.19. The number of hydrogen-bond donors (Lipinski definition) is 1. The summed E-state index contributed by atoms with van der Waals surface area (Å²) in [6.45, 7) is 0. The van der Waals surface area contributed by atoms with Crippen LogP contribution in [0.25, 0.3) is 0 Å². The third kappa shape index (κ3) is 3.73. The number of aromatic nitrogens is 1. The van der Waals surface area contributed by atoms with Gasteiger partial charge in [0.2, 0.25) is 0 Å². The molecule has 1 N–H and O–H groups in total. The number of nitrogens with zero attached hydrogens (tertiary/aromatic N) is 1. The van der Waals surface area contributed by atoms with E-state index in [0.717, 1.165) is 30.5 Å². The smallest absolute Gasteiger partial charge is 0.274 e. The molecule has 5 nitrogen and oxygen atoms in total. The Morgan fingerprint density at radius 2 is 1.90 bits per heavy atom. The Hall–Kier alpha value is -2.06. The maximum Gasteiger partial charge on any atom is 0.274 e. The van der Waals surface area contributed by atoms with Crippen molar-refractivity contribution in [1.82, 2.24) is 4.98 Å². The van der Waals surface area contributed by atoms with E-state index < -0.39 is 31.5 Å². The predicted molar refractivity (Wildman–Crippen MR) is 71.6 cm³/mol. The summed E-state index contributed by atoms with van der Waals surface area (Å²) in [5.41, 5.74) is -0.0708. The minimum absolute atomic E-state index is 0.00712. The van der Waals surface area contributed by atoms with E-state index in [9.17, 15) is 22.0 Å². The molecule has 0 unspecified atom stereocenters. The second-order valence-electron chi connectivity index (χ2n) is 3.90. The van der Waals surface area contributed by atoms with Gasteiger partial charge in [0.15, 0.2) is 0 Å². The number of anilines is 1. The first-order chi connectivity index (χ1) is 9.77. The number of nitrogens with one attached hydrogen (secondary N) is 1. The summed E-state index contributed by atoms with van der Waals surface area (Å²) in [7, 11) is 0.827. The van der Waals surface area contributed by atoms with Crippen molar-refractivity contribution in [3.8, 4) is 0 Å². The fraction of sp³-hybridized carbons (Fsp3) is 0. The highest BCUT2D eigenvalue weighted by Crippen LogP contribution is 2.22. The highest BCUT2D eigenvalue weighted by molar-refractivity contribution is 8.13. The fourth-order valence-corrected chi connectivity index (χ4v) is 2.38. The van der Waals surface area contributed by atoms with Crippen molar-refractivity contribution in [2.24, 2.45) is 0 Å². The molecule has 1 aromatic carbocycles. The first kappa shape index (κ1) is 15.3. The van der Waals surface area contributed by atoms with Crippen molar-refractivity contribution in [3.63, 3.8) is 0 Å². The summed E-state index contributed by atoms with van der Waals surface area (Å²) in [4.78, 5) is 14.6. The molecule has 21 heavy (non-hydrogen) atoms. The van der Waals surface area contributed by atoms with Gasteiger partial charge in [0.1, 0.15) is 22.2 Å². The van der Waals surface area contributed by atoms with Crippen LogP contribution < -0.4 is 5.32 Å². The molecule has 0 atom stereocenters. The van der Waals surface area contributed by atoms with Crippen molar-refractivity contribution in [2.45, 2.75) is 4.90 Å². The third-order valence-electron chi connectivity index (χ3n) is 2.41. The van der Waals surface area contributed by atoms with Crippen LogP contribution in [0.5, 0.6) is 0 Å². The monoisotopic (exact) mass is 332 g/mol. The number of carbonyl (C=O) groups is 1. The highest BCUT2D eigenvalue weighted by atomic mass is 35.7. The van der Waals surface area contributed by atoms with Gasteiger partial charge in [0.25, 0.3) is 15.0 Å². The summed E-state index contributed by atoms with van der Waals surface area (Å²) in [5.74, 6) is -2.40. The van der Waals surface area contributed by atoms with E-state index in [1.54, 1.807) is 0 Å². The van der Waals surface area contributed by atoms with Gasteiger partial charge in [-0.25, -0.2) is 22.2 Å². The van der Waals surface area contributed by atoms with E-state index in [1.165, 1.54) is 6.07 Å². The molecule has 1 heterocycles. The topological polar surface area (TPSA) is 76.1 Å². The average molecular weight is 333 g/mol. The Balaban J connectivity index is 2.22. The number of carbonyl (C=O) groups excluding carboxylic acids is 1. The number of rotatable bonds is 3. The number of halogens is 3. The van der Waals surface area contributed by atoms with Crippen molar-refractivity contribution in [2.75, 3.05) is 5.32 Å². The highest BCUT2D eigenvalue weighted by Gasteiger charge is 2.17. The molecule has 0 fully saturated rings. The Morgan fingerprint density at radius 1 is 1.19 bits per heavy atom. The maximum absolute atomic E-state index is 13.6. The molecular formula is C12H7ClF2N2O3S. The van der Waals surface area contributed by atoms with Crippen molar-refractivity contribution in [3.05, 3.63) is 53.9 Å². The standard InChI is InChI=1S/C12H7ClF2N2O3S/c13-21(19,20)11-4-2-8(5-9(11)15)17-12(18)10-3-1-7(14)6-16-10/h1-6H,(H,17,18). The molecule has 0 aliphatic heterocycles. The van der Waals surface area contributed by atoms with E-state index in [1.807, 2.05) is 0 Å². The van der Waals surface area contributed by atoms with Gasteiger partial charge in [-0.15, -0.1) is 0 Å². The van der Waals surface area contributed by atoms with Gasteiger partial charge in [-0.1, -0.05) is 0 Å². The van der Waals surface area contributed by atoms with Gasteiger partial charge in [-0.3, -0.25) is 4.79 Å². The van der Waals surface area contributed by atoms with Crippen LogP contribution in [0, 0.1) is 11.6 Å². The molecule has 9 heteroatoms. The molecule has 2 aromatic rings. The molecule has 110 valence electrons. The summed E-state index contributed by atoms with van der Waals surface area (Å²) >= 11 is 0. The van der Waals surface area contributed by atoms with Gasteiger partial charge in [-0.2, -0.15) is 0 Å². The number of amides is 1. The maximum atomic E-state index is 13.6. The Morgan fingerprint density at radius 3 is 2.43 bits per heavy atom. The second-order valence-corrected chi connectivity index (χ2v) is 6.43. The van der Waals surface area contributed by atoms with Crippen molar-refractivity contribution in [1.29, 1.82) is 0 Å². The van der Waals surface area contributed by atoms with Gasteiger partial charge < -0.3 is 5.32 Å². The van der Waals surface area contributed by atoms with Gasteiger partial charge in [0.05, 0.1) is 6.20 Å². The molecule has 2 rings (SSSR count). The summed E-state index contributed by atoms with van der Waals surface area (Å²) in [6, 6.07) is 5.09. The Labute approximate surface area is 123 Å². The molecular weight excluding hydrogens is 326 g/mol. The van der Waals surface area contributed by atoms with Crippen molar-refractivity contribution >= 4 is 31.3 Å². The largest absolute Gasteiger partial charge is 0.321 e. The van der Waals surface area contributed by atoms with Crippen LogP contribution >= 0.6 is 10.7 Å². The molecule has 0 bridgehead atoms. The van der Waals surface area contributed by atoms with Crippen LogP contribution in [0.4, 0.5) is 14.5 Å². The van der Waals surface area contributed by atoms with Gasteiger partial charge in [-0.05, 0) is 30.3 Å². The summed E-state index contributed by atoms with van der Waals surface area (Å²) < 4.78 is 48.3. The van der Waals surface area contributed by atoms with Gasteiger partial charge >= 0.3 is 0 Å². The zero-order valence-corrected chi connectivity index (χ0v) is 11.8. The van der Waals surface area contributed by atoms with Crippen LogP contribution in [-0.2, 0) is 9.05 Å². The van der Waals surface area contributed by atoms with E-state index in [0.29, 0.717) is 0 Å². The quantitative estimate of drug-likeness (QED) is 0.876. The van der Waals surface area contributed by atoms with E-state index >= 15 is 0 Å². The molecule has 0 aliphatic rings. The lowest BCUT2D eigenvalue weighted by Crippen LogP contribution is -2.14. The number of benzene rings is 1. The molecule has 0 saturated carbocycles. The second kappa shape index (κ2) is 5.74. The van der Waals surface area contributed by atoms with Crippen LogP contribution in [0.2, 0.25) is 0 Å². The summed E-state index contributed by atoms with van der Waals surface area (Å²) in [6.07, 6.45) is 0.860. The van der Waals surface area contributed by atoms with Crippen LogP contribution in [-0.4, -0.2) is 19.3 Å². The molecule has 1 amide bonds. The first-order valence-electron chi connectivity index (χ1n) is 5.44. The van der Waals surface area contributed by atoms with E-state index in [2.05, 4.69) is 10.3 Å². The fourth-order valence-electron chi connectivity index (χ4n) is 1.48. The molecule has 0 saturated heterocycles. The number of hydrogen-bond acceptors (Lipinski definition) is 4. The van der Waals surface area contributed by atoms with Crippen LogP contribution in [0.1, 0.15) is 10.5 Å². The normalized spacial score (nSPS) is 11.2. The average Bonchev–Trinajstić information content (AvgIpc) is 2.37. The molecule has 0 radical (unpaired) electrons. The Bertz CT molecular complexity index is 795. The molecule has 0 aliphatic carbocycles. The van der Waals surface area contributed by atoms with Crippen LogP contribution in [0.15, 0.2) is 41.4 Å². The molecule has 0 spiro atoms. The summed E-state index contributed by atoms with van der Waals surface area (Å²) in [5, 5.41) is 2.30. The SMILES string of the molecule is O=C(Nc1ccc(S(=O)(=O)Cl)c(F)c1)c1ccc(F)cn1. The minimum Gasteiger partial charge on any atom is -0.321 e. The third-order valence-corrected chi connectivity index (χ3v) is 3.77. The van der Waals surface area contributed by atoms with E-state index in [-0.39, 0.29) is 11.4 Å². The van der Waals surface area contributed by atoms with E-state index in [4.69, 9.17) is 10.7 Å². The van der Waals surface area contributed by atoms with Gasteiger partial charge in [0, 0.05) is 16.4 Å².